The lowest BCUT2D eigenvalue weighted by Gasteiger charge is -2.11. The minimum atomic E-state index is -0.627. The van der Waals surface area contributed by atoms with Crippen molar-refractivity contribution in [1.82, 2.24) is 10.6 Å². The van der Waals surface area contributed by atoms with Crippen LogP contribution in [0.25, 0.3) is 0 Å². The SMILES string of the molecule is COC(=O)CNC(=O)c1cc(C#Cc2ccccc2)c(C(=O)NCC(=O)OC)cc1C#Cc1ccccc1. The molecule has 0 aliphatic heterocycles. The third-order valence-corrected chi connectivity index (χ3v) is 5.12. The van der Waals surface area contributed by atoms with Crippen molar-refractivity contribution in [2.45, 2.75) is 0 Å². The second kappa shape index (κ2) is 13.7. The smallest absolute Gasteiger partial charge is 0.325 e. The molecule has 2 N–H and O–H groups in total. The summed E-state index contributed by atoms with van der Waals surface area (Å²) >= 11 is 0. The first-order valence-electron chi connectivity index (χ1n) is 11.4. The monoisotopic (exact) mass is 508 g/mol. The molecule has 0 unspecified atom stereocenters. The van der Waals surface area contributed by atoms with Gasteiger partial charge in [0, 0.05) is 22.3 Å². The molecule has 0 bridgehead atoms. The molecule has 0 atom stereocenters. The average molecular weight is 509 g/mol. The van der Waals surface area contributed by atoms with Crippen molar-refractivity contribution < 1.29 is 28.7 Å². The van der Waals surface area contributed by atoms with Gasteiger partial charge in [-0.15, -0.1) is 0 Å². The lowest BCUT2D eigenvalue weighted by Crippen LogP contribution is -2.32. The molecule has 3 rings (SSSR count). The van der Waals surface area contributed by atoms with Crippen LogP contribution in [0.15, 0.2) is 72.8 Å². The fourth-order valence-electron chi connectivity index (χ4n) is 3.14. The van der Waals surface area contributed by atoms with Crippen LogP contribution in [0.1, 0.15) is 43.0 Å². The van der Waals surface area contributed by atoms with Gasteiger partial charge >= 0.3 is 11.9 Å². The number of hydrogen-bond donors (Lipinski definition) is 2. The van der Waals surface area contributed by atoms with Gasteiger partial charge in [-0.1, -0.05) is 60.1 Å². The van der Waals surface area contributed by atoms with Crippen molar-refractivity contribution in [3.63, 3.8) is 0 Å². The number of hydrogen-bond acceptors (Lipinski definition) is 6. The molecule has 38 heavy (non-hydrogen) atoms. The normalized spacial score (nSPS) is 9.53. The zero-order valence-electron chi connectivity index (χ0n) is 20.8. The van der Waals surface area contributed by atoms with E-state index in [9.17, 15) is 19.2 Å². The molecule has 0 saturated carbocycles. The maximum Gasteiger partial charge on any atom is 0.325 e. The molecular formula is C30H24N2O6. The van der Waals surface area contributed by atoms with Crippen LogP contribution in [0.3, 0.4) is 0 Å². The molecule has 0 aliphatic rings. The minimum Gasteiger partial charge on any atom is -0.468 e. The molecule has 3 aromatic rings. The van der Waals surface area contributed by atoms with Gasteiger partial charge in [-0.05, 0) is 36.4 Å². The maximum absolute atomic E-state index is 13.1. The van der Waals surface area contributed by atoms with Gasteiger partial charge in [0.05, 0.1) is 25.3 Å². The van der Waals surface area contributed by atoms with E-state index in [1.165, 1.54) is 26.4 Å². The molecule has 8 nitrogen and oxygen atoms in total. The standard InChI is InChI=1S/C30H24N2O6/c1-37-27(33)19-31-29(35)25-17-24(16-14-22-11-7-4-8-12-22)26(30(36)32-20-28(34)38-2)18-23(25)15-13-21-9-5-3-6-10-21/h3-12,17-18H,19-20H2,1-2H3,(H,31,35)(H,32,36). The average Bonchev–Trinajstić information content (AvgIpc) is 2.96. The number of benzene rings is 3. The van der Waals surface area contributed by atoms with Crippen molar-refractivity contribution in [3.8, 4) is 23.7 Å². The van der Waals surface area contributed by atoms with Crippen LogP contribution >= 0.6 is 0 Å². The summed E-state index contributed by atoms with van der Waals surface area (Å²) in [5.74, 6) is 9.37. The first-order valence-corrected chi connectivity index (χ1v) is 11.4. The third-order valence-electron chi connectivity index (χ3n) is 5.12. The topological polar surface area (TPSA) is 111 Å². The van der Waals surface area contributed by atoms with Gasteiger partial charge < -0.3 is 20.1 Å². The number of nitrogens with one attached hydrogen (secondary N) is 2. The largest absolute Gasteiger partial charge is 0.468 e. The van der Waals surface area contributed by atoms with E-state index in [0.29, 0.717) is 11.1 Å². The van der Waals surface area contributed by atoms with Crippen LogP contribution < -0.4 is 10.6 Å². The van der Waals surface area contributed by atoms with Crippen LogP contribution in [0.4, 0.5) is 0 Å². The van der Waals surface area contributed by atoms with Crippen LogP contribution in [0, 0.1) is 23.7 Å². The van der Waals surface area contributed by atoms with E-state index >= 15 is 0 Å². The number of carbonyl (C=O) groups is 4. The highest BCUT2D eigenvalue weighted by atomic mass is 16.5. The van der Waals surface area contributed by atoms with Gasteiger partial charge in [0.2, 0.25) is 0 Å². The molecule has 0 aromatic heterocycles. The van der Waals surface area contributed by atoms with Crippen LogP contribution in [-0.2, 0) is 19.1 Å². The fourth-order valence-corrected chi connectivity index (χ4v) is 3.14. The summed E-state index contributed by atoms with van der Waals surface area (Å²) in [6.07, 6.45) is 0. The van der Waals surface area contributed by atoms with Gasteiger partial charge in [0.25, 0.3) is 11.8 Å². The Kier molecular flexibility index (Phi) is 9.80. The van der Waals surface area contributed by atoms with Crippen molar-refractivity contribution in [2.75, 3.05) is 27.3 Å². The molecule has 0 fully saturated rings. The number of rotatable bonds is 6. The zero-order chi connectivity index (χ0) is 27.3. The minimum absolute atomic E-state index is 0.110. The Labute approximate surface area is 220 Å². The zero-order valence-corrected chi connectivity index (χ0v) is 20.8. The van der Waals surface area contributed by atoms with Crippen molar-refractivity contribution >= 4 is 23.8 Å². The van der Waals surface area contributed by atoms with E-state index in [-0.39, 0.29) is 35.3 Å². The molecule has 3 aromatic carbocycles. The lowest BCUT2D eigenvalue weighted by atomic mass is 9.96. The first-order chi connectivity index (χ1) is 18.4. The Balaban J connectivity index is 2.13. The van der Waals surface area contributed by atoms with Gasteiger partial charge in [0.15, 0.2) is 0 Å². The molecule has 0 saturated heterocycles. The van der Waals surface area contributed by atoms with E-state index in [1.54, 1.807) is 24.3 Å². The third kappa shape index (κ3) is 7.84. The predicted molar refractivity (Wildman–Crippen MR) is 140 cm³/mol. The molecule has 8 heteroatoms. The number of ether oxygens (including phenoxy) is 2. The maximum atomic E-state index is 13.1. The van der Waals surface area contributed by atoms with Gasteiger partial charge in [0.1, 0.15) is 13.1 Å². The Morgan fingerprint density at radius 2 is 0.974 bits per heavy atom. The van der Waals surface area contributed by atoms with E-state index < -0.39 is 23.8 Å². The molecule has 2 amide bonds. The summed E-state index contributed by atoms with van der Waals surface area (Å²) < 4.78 is 9.19. The van der Waals surface area contributed by atoms with Crippen LogP contribution in [0.2, 0.25) is 0 Å². The Hall–Kier alpha value is -5.34. The summed E-state index contributed by atoms with van der Waals surface area (Å²) in [6, 6.07) is 21.0. The number of carbonyl (C=O) groups excluding carboxylic acids is 4. The molecule has 0 spiro atoms. The van der Waals surface area contributed by atoms with Crippen molar-refractivity contribution in [1.29, 1.82) is 0 Å². The summed E-state index contributed by atoms with van der Waals surface area (Å²) in [7, 11) is 2.43. The van der Waals surface area contributed by atoms with E-state index in [0.717, 1.165) is 0 Å². The Bertz CT molecular complexity index is 1350. The molecule has 0 heterocycles. The van der Waals surface area contributed by atoms with E-state index in [2.05, 4.69) is 43.8 Å². The first kappa shape index (κ1) is 27.3. The summed E-state index contributed by atoms with van der Waals surface area (Å²) in [4.78, 5) is 49.3. The van der Waals surface area contributed by atoms with Crippen LogP contribution in [0.5, 0.6) is 0 Å². The van der Waals surface area contributed by atoms with Gasteiger partial charge in [-0.25, -0.2) is 0 Å². The second-order valence-corrected chi connectivity index (χ2v) is 7.69. The second-order valence-electron chi connectivity index (χ2n) is 7.69. The predicted octanol–water partition coefficient (Wildman–Crippen LogP) is 2.29. The van der Waals surface area contributed by atoms with Crippen LogP contribution in [-0.4, -0.2) is 51.1 Å². The summed E-state index contributed by atoms with van der Waals surface area (Å²) in [6.45, 7) is -0.708. The summed E-state index contributed by atoms with van der Waals surface area (Å²) in [5, 5.41) is 4.99. The van der Waals surface area contributed by atoms with Gasteiger partial charge in [-0.2, -0.15) is 0 Å². The highest BCUT2D eigenvalue weighted by Gasteiger charge is 2.19. The Morgan fingerprint density at radius 3 is 1.32 bits per heavy atom. The van der Waals surface area contributed by atoms with E-state index in [4.69, 9.17) is 0 Å². The van der Waals surface area contributed by atoms with E-state index in [1.807, 2.05) is 36.4 Å². The highest BCUT2D eigenvalue weighted by molar-refractivity contribution is 6.03. The summed E-state index contributed by atoms with van der Waals surface area (Å²) in [5.41, 5.74) is 2.06. The highest BCUT2D eigenvalue weighted by Crippen LogP contribution is 2.18. The fraction of sp³-hybridized carbons (Fsp3) is 0.133. The van der Waals surface area contributed by atoms with Crippen molar-refractivity contribution in [2.24, 2.45) is 0 Å². The molecule has 190 valence electrons. The Morgan fingerprint density at radius 1 is 0.605 bits per heavy atom. The quantitative estimate of drug-likeness (QED) is 0.391. The number of esters is 2. The lowest BCUT2D eigenvalue weighted by molar-refractivity contribution is -0.140. The van der Waals surface area contributed by atoms with Crippen molar-refractivity contribution in [3.05, 3.63) is 106 Å². The molecule has 0 radical (unpaired) electrons. The molecular weight excluding hydrogens is 484 g/mol. The van der Waals surface area contributed by atoms with Gasteiger partial charge in [-0.3, -0.25) is 19.2 Å². The number of methoxy groups -OCH3 is 2. The number of amides is 2. The molecule has 0 aliphatic carbocycles.